The van der Waals surface area contributed by atoms with Gasteiger partial charge in [-0.2, -0.15) is 13.8 Å². The minimum Gasteiger partial charge on any atom is -0.384 e. The van der Waals surface area contributed by atoms with Gasteiger partial charge in [0.25, 0.3) is 0 Å². The summed E-state index contributed by atoms with van der Waals surface area (Å²) in [7, 11) is 1.57. The zero-order valence-electron chi connectivity index (χ0n) is 32.5. The van der Waals surface area contributed by atoms with Gasteiger partial charge in [-0.25, -0.2) is 4.79 Å². The van der Waals surface area contributed by atoms with Gasteiger partial charge in [-0.1, -0.05) is 65.5 Å². The molecule has 2 heterocycles. The molecule has 52 heavy (non-hydrogen) atoms. The molecule has 3 saturated carbocycles. The Balaban J connectivity index is 0.900. The monoisotopic (exact) mass is 733 g/mol. The molecule has 1 saturated heterocycles. The van der Waals surface area contributed by atoms with Crippen LogP contribution in [-0.4, -0.2) is 79.0 Å². The molecule has 0 aromatic carbocycles. The van der Waals surface area contributed by atoms with E-state index in [-0.39, 0.29) is 31.7 Å². The van der Waals surface area contributed by atoms with Gasteiger partial charge in [-0.3, -0.25) is 4.57 Å². The summed E-state index contributed by atoms with van der Waals surface area (Å²) in [6.45, 7) is 13.5. The Morgan fingerprint density at radius 3 is 2.56 bits per heavy atom. The van der Waals surface area contributed by atoms with Gasteiger partial charge in [0.15, 0.2) is 6.10 Å². The second-order valence-corrected chi connectivity index (χ2v) is 17.6. The number of aliphatic hydroxyl groups excluding tert-OH is 1. The summed E-state index contributed by atoms with van der Waals surface area (Å²) in [5, 5.41) is 12.9. The SMILES string of the molecule is CNc1ccn(C2OC(COCCOCCO[C@@H]3CC[C@]4(C)C(=CCC5C4CC[C@]4(C)C5CC[C@H]4[C@@H](C)CCCC(C)C)C3)C(O)C2(F)F)c(=O)n1. The molecule has 11 heteroatoms. The topological polar surface area (TPSA) is 104 Å². The highest BCUT2D eigenvalue weighted by Crippen LogP contribution is 2.67. The predicted octanol–water partition coefficient (Wildman–Crippen LogP) is 7.64. The second kappa shape index (κ2) is 16.4. The van der Waals surface area contributed by atoms with Crippen LogP contribution >= 0.6 is 0 Å². The standard InChI is InChI=1S/C41H65F2N3O6/c1-26(2)8-7-9-27(3)31-12-13-32-30-11-10-28-24-29(14-17-39(28,4)33(30)15-18-40(31,32)5)51-23-22-49-20-21-50-25-34-36(47)41(42,43)37(52-34)46-19-16-35(44-6)45-38(46)48/h10,16,19,26-27,29-34,36-37,47H,7-9,11-15,17-18,20-25H2,1-6H3,(H,44,45,48)/t27-,29+,30?,31-,32?,33?,34?,36?,37?,39+,40-/m0/s1. The molecule has 1 aromatic rings. The summed E-state index contributed by atoms with van der Waals surface area (Å²) in [4.78, 5) is 16.0. The summed E-state index contributed by atoms with van der Waals surface area (Å²) in [5.41, 5.74) is 1.52. The Bertz CT molecular complexity index is 1440. The molecule has 0 amide bonds. The number of rotatable bonds is 16. The van der Waals surface area contributed by atoms with Crippen molar-refractivity contribution < 1.29 is 32.8 Å². The first kappa shape index (κ1) is 39.8. The molecule has 294 valence electrons. The van der Waals surface area contributed by atoms with Gasteiger partial charge in [0.05, 0.1) is 39.1 Å². The lowest BCUT2D eigenvalue weighted by Gasteiger charge is -2.58. The van der Waals surface area contributed by atoms with Crippen molar-refractivity contribution in [2.75, 3.05) is 45.4 Å². The molecule has 2 N–H and O–H groups in total. The number of nitrogens with zero attached hydrogens (tertiary/aromatic N) is 2. The fourth-order valence-electron chi connectivity index (χ4n) is 11.3. The maximum absolute atomic E-state index is 14.8. The minimum atomic E-state index is -3.69. The molecule has 0 radical (unpaired) electrons. The van der Waals surface area contributed by atoms with Gasteiger partial charge in [-0.15, -0.1) is 0 Å². The fourth-order valence-corrected chi connectivity index (χ4v) is 11.3. The third-order valence-electron chi connectivity index (χ3n) is 14.2. The molecule has 0 bridgehead atoms. The summed E-state index contributed by atoms with van der Waals surface area (Å²) in [5.74, 6) is 1.57. The highest BCUT2D eigenvalue weighted by molar-refractivity contribution is 5.30. The second-order valence-electron chi connectivity index (χ2n) is 17.6. The number of aliphatic hydroxyl groups is 1. The van der Waals surface area contributed by atoms with Crippen molar-refractivity contribution in [3.8, 4) is 0 Å². The Labute approximate surface area is 309 Å². The van der Waals surface area contributed by atoms with E-state index in [4.69, 9.17) is 18.9 Å². The van der Waals surface area contributed by atoms with Crippen LogP contribution in [0.2, 0.25) is 0 Å². The van der Waals surface area contributed by atoms with Crippen molar-refractivity contribution in [2.45, 2.75) is 136 Å². The van der Waals surface area contributed by atoms with Crippen LogP contribution in [0.25, 0.3) is 0 Å². The molecule has 6 unspecified atom stereocenters. The first-order chi connectivity index (χ1) is 24.8. The highest BCUT2D eigenvalue weighted by atomic mass is 19.3. The quantitative estimate of drug-likeness (QED) is 0.132. The van der Waals surface area contributed by atoms with E-state index in [0.29, 0.717) is 28.6 Å². The number of aromatic nitrogens is 2. The van der Waals surface area contributed by atoms with Crippen LogP contribution in [0.1, 0.15) is 111 Å². The fraction of sp³-hybridized carbons (Fsp3) is 0.854. The highest BCUT2D eigenvalue weighted by Gasteiger charge is 2.60. The maximum Gasteiger partial charge on any atom is 0.351 e. The summed E-state index contributed by atoms with van der Waals surface area (Å²) < 4.78 is 53.3. The van der Waals surface area contributed by atoms with Crippen molar-refractivity contribution in [3.63, 3.8) is 0 Å². The van der Waals surface area contributed by atoms with Crippen molar-refractivity contribution >= 4 is 5.82 Å². The van der Waals surface area contributed by atoms with Gasteiger partial charge < -0.3 is 29.4 Å². The third kappa shape index (κ3) is 7.91. The van der Waals surface area contributed by atoms with E-state index in [1.807, 2.05) is 0 Å². The number of alkyl halides is 2. The molecule has 0 spiro atoms. The van der Waals surface area contributed by atoms with Crippen LogP contribution in [0, 0.1) is 46.3 Å². The lowest BCUT2D eigenvalue weighted by Crippen LogP contribution is -2.51. The number of hydrogen-bond donors (Lipinski definition) is 2. The number of fused-ring (bicyclic) bond motifs is 5. The number of ether oxygens (including phenoxy) is 4. The zero-order chi connectivity index (χ0) is 37.3. The number of nitrogens with one attached hydrogen (secondary N) is 1. The van der Waals surface area contributed by atoms with Gasteiger partial charge in [-0.05, 0) is 104 Å². The molecule has 9 nitrogen and oxygen atoms in total. The smallest absolute Gasteiger partial charge is 0.351 e. The number of halogens is 2. The van der Waals surface area contributed by atoms with Crippen LogP contribution in [0.15, 0.2) is 28.7 Å². The molecule has 6 rings (SSSR count). The molecule has 1 aromatic heterocycles. The van der Waals surface area contributed by atoms with Crippen molar-refractivity contribution in [3.05, 3.63) is 34.4 Å². The largest absolute Gasteiger partial charge is 0.384 e. The van der Waals surface area contributed by atoms with Crippen LogP contribution < -0.4 is 11.0 Å². The molecule has 4 aliphatic carbocycles. The first-order valence-electron chi connectivity index (χ1n) is 20.2. The lowest BCUT2D eigenvalue weighted by molar-refractivity contribution is -0.141. The predicted molar refractivity (Wildman–Crippen MR) is 197 cm³/mol. The summed E-state index contributed by atoms with van der Waals surface area (Å²) in [6.07, 6.45) is 12.9. The molecule has 11 atom stereocenters. The Hall–Kier alpha value is -1.92. The average molecular weight is 734 g/mol. The summed E-state index contributed by atoms with van der Waals surface area (Å²) >= 11 is 0. The van der Waals surface area contributed by atoms with Crippen molar-refractivity contribution in [1.82, 2.24) is 9.55 Å². The van der Waals surface area contributed by atoms with Crippen molar-refractivity contribution in [1.29, 1.82) is 0 Å². The number of hydrogen-bond acceptors (Lipinski definition) is 8. The molecule has 5 aliphatic rings. The Morgan fingerprint density at radius 1 is 1.04 bits per heavy atom. The summed E-state index contributed by atoms with van der Waals surface area (Å²) in [6, 6.07) is 1.39. The number of allylic oxidation sites excluding steroid dienone is 1. The maximum atomic E-state index is 14.8. The van der Waals surface area contributed by atoms with Gasteiger partial charge >= 0.3 is 11.6 Å². The average Bonchev–Trinajstić information content (AvgIpc) is 3.58. The van der Waals surface area contributed by atoms with E-state index in [1.165, 1.54) is 70.1 Å². The Kier molecular flexibility index (Phi) is 12.6. The van der Waals surface area contributed by atoms with Gasteiger partial charge in [0, 0.05) is 13.2 Å². The van der Waals surface area contributed by atoms with Gasteiger partial charge in [0.1, 0.15) is 11.9 Å². The van der Waals surface area contributed by atoms with Crippen LogP contribution in [0.5, 0.6) is 0 Å². The van der Waals surface area contributed by atoms with Crippen LogP contribution in [-0.2, 0) is 18.9 Å². The molecule has 1 aliphatic heterocycles. The number of anilines is 1. The van der Waals surface area contributed by atoms with E-state index in [2.05, 4.69) is 51.0 Å². The van der Waals surface area contributed by atoms with E-state index in [0.717, 1.165) is 48.3 Å². The minimum absolute atomic E-state index is 0.149. The zero-order valence-corrected chi connectivity index (χ0v) is 32.5. The Morgan fingerprint density at radius 2 is 1.81 bits per heavy atom. The van der Waals surface area contributed by atoms with Crippen molar-refractivity contribution in [2.24, 2.45) is 46.3 Å². The van der Waals surface area contributed by atoms with E-state index in [9.17, 15) is 18.7 Å². The van der Waals surface area contributed by atoms with Gasteiger partial charge in [0.2, 0.25) is 6.23 Å². The van der Waals surface area contributed by atoms with Crippen LogP contribution in [0.4, 0.5) is 14.6 Å². The van der Waals surface area contributed by atoms with E-state index >= 15 is 0 Å². The molecule has 4 fully saturated rings. The van der Waals surface area contributed by atoms with E-state index in [1.54, 1.807) is 12.6 Å². The van der Waals surface area contributed by atoms with E-state index < -0.39 is 30.0 Å². The normalized spacial score (nSPS) is 37.3. The first-order valence-corrected chi connectivity index (χ1v) is 20.2. The van der Waals surface area contributed by atoms with Crippen LogP contribution in [0.3, 0.4) is 0 Å². The molecular weight excluding hydrogens is 668 g/mol. The third-order valence-corrected chi connectivity index (χ3v) is 14.2. The molecular formula is C41H65F2N3O6. The lowest BCUT2D eigenvalue weighted by atomic mass is 9.47.